The number of carbonyl (C=O) groups excluding carboxylic acids is 2. The molecule has 3 atom stereocenters. The average Bonchev–Trinajstić information content (AvgIpc) is 2.66. The van der Waals surface area contributed by atoms with Crippen LogP contribution >= 0.6 is 7.60 Å². The molecule has 2 fully saturated rings. The molecule has 8 nitrogen and oxygen atoms in total. The third-order valence-corrected chi connectivity index (χ3v) is 7.20. The number of rotatable bonds is 7. The number of amides is 1. The van der Waals surface area contributed by atoms with Gasteiger partial charge in [0, 0.05) is 12.4 Å². The standard InChI is InChI=1S/C19H32NO7P/c1-5-25-18(21)17-11-16-10-14(13-28(23,26-6-2)27-7-3)8-9-15(16)12-20(17)19(22)24-4/h13,15-17H,5-12H2,1-4H3/b14-13+/t15-,16+,17-/m0/s1. The van der Waals surface area contributed by atoms with Crippen LogP contribution < -0.4 is 0 Å². The number of allylic oxidation sites excluding steroid dienone is 1. The third kappa shape index (κ3) is 5.58. The molecular formula is C19H32NO7P. The van der Waals surface area contributed by atoms with Gasteiger partial charge in [-0.05, 0) is 58.3 Å². The van der Waals surface area contributed by atoms with Crippen molar-refractivity contribution in [3.63, 3.8) is 0 Å². The predicted octanol–water partition coefficient (Wildman–Crippen LogP) is 3.96. The number of esters is 1. The molecule has 9 heteroatoms. The summed E-state index contributed by atoms with van der Waals surface area (Å²) in [6.45, 7) is 6.66. The Morgan fingerprint density at radius 2 is 1.82 bits per heavy atom. The molecule has 2 rings (SSSR count). The first-order chi connectivity index (χ1) is 13.4. The zero-order valence-electron chi connectivity index (χ0n) is 17.2. The van der Waals surface area contributed by atoms with Crippen LogP contribution in [0.3, 0.4) is 0 Å². The number of likely N-dealkylation sites (tertiary alicyclic amines) is 1. The van der Waals surface area contributed by atoms with Gasteiger partial charge in [0.15, 0.2) is 0 Å². The Bertz CT molecular complexity index is 626. The first-order valence-corrected chi connectivity index (χ1v) is 11.6. The van der Waals surface area contributed by atoms with Crippen molar-refractivity contribution < 1.29 is 32.7 Å². The molecule has 0 spiro atoms. The molecule has 1 saturated carbocycles. The Hall–Kier alpha value is -1.37. The Balaban J connectivity index is 2.17. The summed E-state index contributed by atoms with van der Waals surface area (Å²) < 4.78 is 33.6. The van der Waals surface area contributed by atoms with E-state index in [1.54, 1.807) is 26.6 Å². The minimum Gasteiger partial charge on any atom is -0.464 e. The zero-order valence-corrected chi connectivity index (χ0v) is 18.1. The number of fused-ring (bicyclic) bond motifs is 1. The maximum atomic E-state index is 12.8. The highest BCUT2D eigenvalue weighted by atomic mass is 31.2. The third-order valence-electron chi connectivity index (χ3n) is 5.29. The van der Waals surface area contributed by atoms with Crippen LogP contribution in [0.25, 0.3) is 0 Å². The molecule has 28 heavy (non-hydrogen) atoms. The second-order valence-corrected chi connectivity index (χ2v) is 8.91. The highest BCUT2D eigenvalue weighted by Gasteiger charge is 2.44. The van der Waals surface area contributed by atoms with Gasteiger partial charge >= 0.3 is 19.7 Å². The number of piperidine rings is 1. The second kappa shape index (κ2) is 10.4. The highest BCUT2D eigenvalue weighted by molar-refractivity contribution is 7.57. The normalized spacial score (nSPS) is 26.6. The van der Waals surface area contributed by atoms with Crippen molar-refractivity contribution in [2.24, 2.45) is 11.8 Å². The van der Waals surface area contributed by atoms with Crippen LogP contribution in [0.5, 0.6) is 0 Å². The molecule has 2 aliphatic rings. The fourth-order valence-corrected chi connectivity index (χ4v) is 5.74. The van der Waals surface area contributed by atoms with Crippen molar-refractivity contribution in [1.29, 1.82) is 0 Å². The molecule has 0 radical (unpaired) electrons. The van der Waals surface area contributed by atoms with E-state index < -0.39 is 25.7 Å². The van der Waals surface area contributed by atoms with Gasteiger partial charge < -0.3 is 18.5 Å². The molecule has 1 aliphatic carbocycles. The molecule has 1 amide bonds. The number of hydrogen-bond acceptors (Lipinski definition) is 7. The van der Waals surface area contributed by atoms with E-state index in [4.69, 9.17) is 18.5 Å². The van der Waals surface area contributed by atoms with Gasteiger partial charge in [-0.25, -0.2) is 9.59 Å². The lowest BCUT2D eigenvalue weighted by atomic mass is 9.71. The topological polar surface area (TPSA) is 91.4 Å². The first kappa shape index (κ1) is 22.9. The van der Waals surface area contributed by atoms with Crippen molar-refractivity contribution >= 4 is 19.7 Å². The molecule has 0 aromatic heterocycles. The van der Waals surface area contributed by atoms with Crippen molar-refractivity contribution in [1.82, 2.24) is 4.90 Å². The minimum atomic E-state index is -3.25. The lowest BCUT2D eigenvalue weighted by molar-refractivity contribution is -0.152. The van der Waals surface area contributed by atoms with E-state index in [1.807, 2.05) is 0 Å². The number of nitrogens with zero attached hydrogens (tertiary/aromatic N) is 1. The van der Waals surface area contributed by atoms with E-state index in [2.05, 4.69) is 0 Å². The van der Waals surface area contributed by atoms with Gasteiger partial charge in [0.1, 0.15) is 6.04 Å². The summed E-state index contributed by atoms with van der Waals surface area (Å²) in [7, 11) is -1.93. The summed E-state index contributed by atoms with van der Waals surface area (Å²) in [4.78, 5) is 26.1. The van der Waals surface area contributed by atoms with Gasteiger partial charge in [-0.15, -0.1) is 0 Å². The van der Waals surface area contributed by atoms with Crippen LogP contribution in [0.1, 0.15) is 46.5 Å². The van der Waals surface area contributed by atoms with Gasteiger partial charge in [0.2, 0.25) is 0 Å². The van der Waals surface area contributed by atoms with Crippen LogP contribution in [0.2, 0.25) is 0 Å². The van der Waals surface area contributed by atoms with Crippen LogP contribution in [0.15, 0.2) is 11.4 Å². The van der Waals surface area contributed by atoms with E-state index >= 15 is 0 Å². The maximum Gasteiger partial charge on any atom is 0.410 e. The second-order valence-electron chi connectivity index (χ2n) is 7.05. The molecular weight excluding hydrogens is 385 g/mol. The number of carbonyl (C=O) groups is 2. The Morgan fingerprint density at radius 3 is 2.39 bits per heavy atom. The van der Waals surface area contributed by atoms with E-state index in [0.29, 0.717) is 32.6 Å². The van der Waals surface area contributed by atoms with Gasteiger partial charge in [0.05, 0.1) is 26.9 Å². The van der Waals surface area contributed by atoms with Gasteiger partial charge in [-0.1, -0.05) is 5.57 Å². The van der Waals surface area contributed by atoms with Crippen molar-refractivity contribution in [3.05, 3.63) is 11.4 Å². The van der Waals surface area contributed by atoms with Crippen LogP contribution in [0.4, 0.5) is 4.79 Å². The maximum absolute atomic E-state index is 12.8. The van der Waals surface area contributed by atoms with Crippen molar-refractivity contribution in [2.75, 3.05) is 33.5 Å². The summed E-state index contributed by atoms with van der Waals surface area (Å²) in [6, 6.07) is -0.654. The highest BCUT2D eigenvalue weighted by Crippen LogP contribution is 2.53. The average molecular weight is 417 g/mol. The summed E-state index contributed by atoms with van der Waals surface area (Å²) in [5.74, 6) is 1.71. The molecule has 0 unspecified atom stereocenters. The van der Waals surface area contributed by atoms with E-state index in [1.165, 1.54) is 12.0 Å². The predicted molar refractivity (Wildman–Crippen MR) is 104 cm³/mol. The minimum absolute atomic E-state index is 0.201. The zero-order chi connectivity index (χ0) is 20.7. The van der Waals surface area contributed by atoms with Crippen molar-refractivity contribution in [2.45, 2.75) is 52.5 Å². The molecule has 0 aromatic rings. The van der Waals surface area contributed by atoms with Crippen LogP contribution in [-0.2, 0) is 27.9 Å². The molecule has 160 valence electrons. The monoisotopic (exact) mass is 417 g/mol. The van der Waals surface area contributed by atoms with Gasteiger partial charge in [-0.2, -0.15) is 0 Å². The van der Waals surface area contributed by atoms with Crippen LogP contribution in [-0.4, -0.2) is 56.5 Å². The van der Waals surface area contributed by atoms with E-state index in [0.717, 1.165) is 18.4 Å². The fourth-order valence-electron chi connectivity index (χ4n) is 4.12. The lowest BCUT2D eigenvalue weighted by Crippen LogP contribution is -2.54. The Kier molecular flexibility index (Phi) is 8.53. The molecule has 0 aromatic carbocycles. The summed E-state index contributed by atoms with van der Waals surface area (Å²) >= 11 is 0. The van der Waals surface area contributed by atoms with Gasteiger partial charge in [-0.3, -0.25) is 9.46 Å². The Labute approximate surface area is 167 Å². The van der Waals surface area contributed by atoms with E-state index in [9.17, 15) is 14.2 Å². The molecule has 0 N–H and O–H groups in total. The summed E-state index contributed by atoms with van der Waals surface area (Å²) in [5, 5.41) is 0. The Morgan fingerprint density at radius 1 is 1.14 bits per heavy atom. The van der Waals surface area contributed by atoms with Crippen molar-refractivity contribution in [3.8, 4) is 0 Å². The largest absolute Gasteiger partial charge is 0.464 e. The molecule has 1 aliphatic heterocycles. The smallest absolute Gasteiger partial charge is 0.410 e. The first-order valence-electron chi connectivity index (χ1n) is 9.98. The summed E-state index contributed by atoms with van der Waals surface area (Å²) in [5.41, 5.74) is 1.03. The quantitative estimate of drug-likeness (QED) is 0.457. The summed E-state index contributed by atoms with van der Waals surface area (Å²) in [6.07, 6.45) is 2.32. The molecule has 1 saturated heterocycles. The lowest BCUT2D eigenvalue weighted by Gasteiger charge is -2.44. The number of ether oxygens (including phenoxy) is 2. The van der Waals surface area contributed by atoms with Gasteiger partial charge in [0.25, 0.3) is 0 Å². The number of methoxy groups -OCH3 is 1. The van der Waals surface area contributed by atoms with Crippen LogP contribution in [0, 0.1) is 11.8 Å². The molecule has 1 heterocycles. The van der Waals surface area contributed by atoms with E-state index in [-0.39, 0.29) is 18.4 Å². The number of hydrogen-bond donors (Lipinski definition) is 0. The molecule has 0 bridgehead atoms. The SMILES string of the molecule is CCOC(=O)[C@@H]1C[C@H]2C/C(=C/P(=O)(OCC)OCC)CC[C@H]2CN1C(=O)OC. The fraction of sp³-hybridized carbons (Fsp3) is 0.789.